The van der Waals surface area contributed by atoms with Crippen molar-refractivity contribution in [2.45, 2.75) is 57.3 Å². The Morgan fingerprint density at radius 3 is 2.42 bits per heavy atom. The van der Waals surface area contributed by atoms with E-state index in [4.69, 9.17) is 0 Å². The van der Waals surface area contributed by atoms with Gasteiger partial charge in [-0.2, -0.15) is 13.2 Å². The number of nitrogens with zero attached hydrogens (tertiary/aromatic N) is 3. The summed E-state index contributed by atoms with van der Waals surface area (Å²) >= 11 is 0. The maximum Gasteiger partial charge on any atom is 0.416 e. The highest BCUT2D eigenvalue weighted by Crippen LogP contribution is 2.35. The molecule has 0 unspecified atom stereocenters. The van der Waals surface area contributed by atoms with E-state index in [-0.39, 0.29) is 34.6 Å². The van der Waals surface area contributed by atoms with Crippen molar-refractivity contribution in [3.8, 4) is 11.3 Å². The zero-order valence-electron chi connectivity index (χ0n) is 18.2. The van der Waals surface area contributed by atoms with Crippen molar-refractivity contribution >= 4 is 17.4 Å². The Hall–Kier alpha value is -3.14. The molecule has 0 radical (unpaired) electrons. The Morgan fingerprint density at radius 2 is 1.82 bits per heavy atom. The van der Waals surface area contributed by atoms with E-state index < -0.39 is 23.3 Å². The predicted molar refractivity (Wildman–Crippen MR) is 116 cm³/mol. The van der Waals surface area contributed by atoms with Crippen molar-refractivity contribution in [1.82, 2.24) is 14.6 Å². The van der Waals surface area contributed by atoms with Crippen molar-refractivity contribution in [3.05, 3.63) is 47.7 Å². The Kier molecular flexibility index (Phi) is 5.81. The third kappa shape index (κ3) is 4.80. The number of aromatic nitrogens is 3. The summed E-state index contributed by atoms with van der Waals surface area (Å²) in [6.45, 7) is 3.63. The number of alkyl halides is 3. The summed E-state index contributed by atoms with van der Waals surface area (Å²) in [6, 6.07) is 7.84. The molecule has 3 N–H and O–H groups in total. The third-order valence-corrected chi connectivity index (χ3v) is 6.22. The molecule has 1 fully saturated rings. The number of halogens is 3. The molecule has 1 aliphatic rings. The molecule has 4 rings (SSSR count). The van der Waals surface area contributed by atoms with Gasteiger partial charge in [-0.05, 0) is 69.7 Å². The van der Waals surface area contributed by atoms with Crippen LogP contribution in [-0.2, 0) is 6.18 Å². The van der Waals surface area contributed by atoms with E-state index >= 15 is 0 Å². The van der Waals surface area contributed by atoms with E-state index in [0.29, 0.717) is 5.82 Å². The lowest BCUT2D eigenvalue weighted by Gasteiger charge is -2.36. The van der Waals surface area contributed by atoms with E-state index in [2.05, 4.69) is 15.4 Å². The highest BCUT2D eigenvalue weighted by Gasteiger charge is 2.33. The zero-order chi connectivity index (χ0) is 24.0. The van der Waals surface area contributed by atoms with Crippen molar-refractivity contribution in [3.63, 3.8) is 0 Å². The van der Waals surface area contributed by atoms with Gasteiger partial charge in [0.05, 0.1) is 11.2 Å². The second-order valence-electron chi connectivity index (χ2n) is 9.03. The Balaban J connectivity index is 1.68. The van der Waals surface area contributed by atoms with Gasteiger partial charge in [0.1, 0.15) is 11.5 Å². The molecule has 33 heavy (non-hydrogen) atoms. The molecular formula is C23H25F3N4O3. The van der Waals surface area contributed by atoms with Gasteiger partial charge in [-0.15, -0.1) is 5.10 Å². The number of hydrogen-bond donors (Lipinski definition) is 3. The van der Waals surface area contributed by atoms with Gasteiger partial charge in [0, 0.05) is 11.6 Å². The van der Waals surface area contributed by atoms with Crippen LogP contribution >= 0.6 is 0 Å². The Bertz CT molecular complexity index is 1180. The first-order valence-corrected chi connectivity index (χ1v) is 10.7. The van der Waals surface area contributed by atoms with Crippen molar-refractivity contribution in [1.29, 1.82) is 0 Å². The molecular weight excluding hydrogens is 437 g/mol. The van der Waals surface area contributed by atoms with Gasteiger partial charge < -0.3 is 15.5 Å². The lowest BCUT2D eigenvalue weighted by atomic mass is 9.77. The number of rotatable bonds is 5. The second-order valence-corrected chi connectivity index (χ2v) is 9.03. The highest BCUT2D eigenvalue weighted by molar-refractivity contribution is 5.94. The number of carbonyl (C=O) groups is 1. The summed E-state index contributed by atoms with van der Waals surface area (Å²) in [4.78, 5) is 15.9. The van der Waals surface area contributed by atoms with Crippen LogP contribution in [0.5, 0.6) is 0 Å². The number of nitrogens with one attached hydrogen (secondary N) is 1. The topological polar surface area (TPSA) is 99.8 Å². The van der Waals surface area contributed by atoms with Gasteiger partial charge in [0.15, 0.2) is 11.3 Å². The van der Waals surface area contributed by atoms with Crippen LogP contribution in [0.2, 0.25) is 0 Å². The van der Waals surface area contributed by atoms with E-state index in [0.717, 1.165) is 37.8 Å². The molecule has 0 aliphatic heterocycles. The number of anilines is 1. The molecule has 2 heterocycles. The van der Waals surface area contributed by atoms with Gasteiger partial charge in [-0.1, -0.05) is 12.1 Å². The molecule has 10 heteroatoms. The molecule has 1 aromatic carbocycles. The van der Waals surface area contributed by atoms with Crippen LogP contribution in [0, 0.1) is 5.92 Å². The van der Waals surface area contributed by atoms with Crippen LogP contribution in [0.1, 0.15) is 55.6 Å². The molecule has 0 spiro atoms. The fourth-order valence-electron chi connectivity index (χ4n) is 4.41. The largest absolute Gasteiger partial charge is 0.476 e. The smallest absolute Gasteiger partial charge is 0.416 e. The van der Waals surface area contributed by atoms with Crippen LogP contribution in [0.4, 0.5) is 19.0 Å². The number of fused-ring (bicyclic) bond motifs is 1. The van der Waals surface area contributed by atoms with Crippen molar-refractivity contribution in [2.75, 3.05) is 5.32 Å². The molecule has 2 aromatic heterocycles. The fourth-order valence-corrected chi connectivity index (χ4v) is 4.41. The monoisotopic (exact) mass is 462 g/mol. The number of aromatic carboxylic acids is 1. The quantitative estimate of drug-likeness (QED) is 0.501. The van der Waals surface area contributed by atoms with Gasteiger partial charge in [-0.3, -0.25) is 0 Å². The van der Waals surface area contributed by atoms with E-state index in [1.54, 1.807) is 12.1 Å². The van der Waals surface area contributed by atoms with Crippen molar-refractivity contribution in [2.24, 2.45) is 5.92 Å². The highest BCUT2D eigenvalue weighted by atomic mass is 19.4. The summed E-state index contributed by atoms with van der Waals surface area (Å²) in [6.07, 6.45) is -1.19. The standard InChI is InChI=1S/C23H25F3N4O3/c1-22(2,33)14-6-8-16(9-7-14)27-17-10-11-18-28-19(21(31)32)20(30(18)29-17)13-4-3-5-15(12-13)23(24,25)26/h3-5,10-12,14,16,33H,6-9H2,1-2H3,(H,27,29)(H,31,32)/t14-,16-. The summed E-state index contributed by atoms with van der Waals surface area (Å²) in [5.41, 5.74) is -1.72. The van der Waals surface area contributed by atoms with Crippen LogP contribution in [0.15, 0.2) is 36.4 Å². The van der Waals surface area contributed by atoms with E-state index in [9.17, 15) is 28.2 Å². The average molecular weight is 462 g/mol. The van der Waals surface area contributed by atoms with Gasteiger partial charge in [-0.25, -0.2) is 14.3 Å². The van der Waals surface area contributed by atoms with Gasteiger partial charge >= 0.3 is 12.1 Å². The lowest BCUT2D eigenvalue weighted by molar-refractivity contribution is -0.137. The first kappa shape index (κ1) is 23.0. The zero-order valence-corrected chi connectivity index (χ0v) is 18.2. The van der Waals surface area contributed by atoms with Crippen LogP contribution < -0.4 is 5.32 Å². The molecule has 3 aromatic rings. The molecule has 0 amide bonds. The Labute approximate surface area is 188 Å². The van der Waals surface area contributed by atoms with Crippen LogP contribution in [0.25, 0.3) is 16.9 Å². The van der Waals surface area contributed by atoms with Gasteiger partial charge in [0.2, 0.25) is 0 Å². The number of hydrogen-bond acceptors (Lipinski definition) is 5. The second kappa shape index (κ2) is 8.33. The molecule has 0 saturated heterocycles. The SMILES string of the molecule is CC(C)(O)[C@H]1CC[C@H](Nc2ccc3nc(C(=O)O)c(-c4cccc(C(F)(F)F)c4)n3n2)CC1. The lowest BCUT2D eigenvalue weighted by Crippen LogP contribution is -2.37. The summed E-state index contributed by atoms with van der Waals surface area (Å²) in [5.74, 6) is -0.672. The molecule has 0 bridgehead atoms. The number of imidazole rings is 1. The van der Waals surface area contributed by atoms with Crippen LogP contribution in [0.3, 0.4) is 0 Å². The summed E-state index contributed by atoms with van der Waals surface area (Å²) in [7, 11) is 0. The number of benzene rings is 1. The first-order valence-electron chi connectivity index (χ1n) is 10.7. The molecule has 1 aliphatic carbocycles. The minimum absolute atomic E-state index is 0.0158. The first-order chi connectivity index (χ1) is 15.4. The molecule has 1 saturated carbocycles. The number of carboxylic acids is 1. The molecule has 7 nitrogen and oxygen atoms in total. The summed E-state index contributed by atoms with van der Waals surface area (Å²) < 4.78 is 41.0. The minimum Gasteiger partial charge on any atom is -0.476 e. The van der Waals surface area contributed by atoms with Crippen molar-refractivity contribution < 1.29 is 28.2 Å². The normalized spacial score (nSPS) is 19.6. The molecule has 176 valence electrons. The minimum atomic E-state index is -4.57. The number of carboxylic acid groups (broad SMARTS) is 1. The average Bonchev–Trinajstić information content (AvgIpc) is 3.12. The van der Waals surface area contributed by atoms with E-state index in [1.807, 2.05) is 13.8 Å². The Morgan fingerprint density at radius 1 is 1.12 bits per heavy atom. The predicted octanol–water partition coefficient (Wildman–Crippen LogP) is 4.85. The maximum atomic E-state index is 13.2. The molecule has 0 atom stereocenters. The third-order valence-electron chi connectivity index (χ3n) is 6.22. The van der Waals surface area contributed by atoms with E-state index in [1.165, 1.54) is 16.6 Å². The fraction of sp³-hybridized carbons (Fsp3) is 0.435. The number of aliphatic hydroxyl groups is 1. The summed E-state index contributed by atoms with van der Waals surface area (Å²) in [5, 5.41) is 27.6. The van der Waals surface area contributed by atoms with Gasteiger partial charge in [0.25, 0.3) is 0 Å². The maximum absolute atomic E-state index is 13.2. The van der Waals surface area contributed by atoms with Crippen LogP contribution in [-0.4, -0.2) is 42.4 Å².